The molecule has 2 aromatic carbocycles. The summed E-state index contributed by atoms with van der Waals surface area (Å²) in [6, 6.07) is 19.1. The Morgan fingerprint density at radius 2 is 1.55 bits per heavy atom. The van der Waals surface area contributed by atoms with Crippen LogP contribution in [0.4, 0.5) is 18.9 Å². The van der Waals surface area contributed by atoms with E-state index in [9.17, 15) is 23.3 Å². The van der Waals surface area contributed by atoms with Crippen LogP contribution in [0.15, 0.2) is 85.2 Å². The quantitative estimate of drug-likeness (QED) is 0.165. The zero-order valence-corrected chi connectivity index (χ0v) is 20.9. The predicted molar refractivity (Wildman–Crippen MR) is 133 cm³/mol. The Kier molecular flexibility index (Phi) is 8.11. The van der Waals surface area contributed by atoms with Crippen molar-refractivity contribution in [3.8, 4) is 28.6 Å². The molecule has 0 atom stereocenters. The van der Waals surface area contributed by atoms with E-state index < -0.39 is 16.7 Å². The van der Waals surface area contributed by atoms with E-state index in [1.165, 1.54) is 29.6 Å². The van der Waals surface area contributed by atoms with Crippen molar-refractivity contribution in [1.82, 2.24) is 0 Å². The third-order valence-corrected chi connectivity index (χ3v) is 5.94. The lowest BCUT2D eigenvalue weighted by atomic mass is 10.2. The van der Waals surface area contributed by atoms with Gasteiger partial charge in [0.05, 0.1) is 22.1 Å². The van der Waals surface area contributed by atoms with Crippen molar-refractivity contribution in [2.45, 2.75) is 26.2 Å². The van der Waals surface area contributed by atoms with Crippen molar-refractivity contribution in [1.29, 1.82) is 0 Å². The van der Waals surface area contributed by atoms with Gasteiger partial charge < -0.3 is 9.47 Å². The van der Waals surface area contributed by atoms with Crippen LogP contribution in [0, 0.1) is 10.1 Å². The van der Waals surface area contributed by atoms with E-state index in [0.29, 0.717) is 0 Å². The van der Waals surface area contributed by atoms with E-state index in [2.05, 4.69) is 57.9 Å². The number of ether oxygens (including phenoxy) is 2. The number of hydrogen-bond donors (Lipinski definition) is 0. The molecule has 1 aliphatic rings. The number of nitro groups is 1. The van der Waals surface area contributed by atoms with E-state index in [1.54, 1.807) is 6.92 Å². The molecule has 0 amide bonds. The van der Waals surface area contributed by atoms with Gasteiger partial charge in [-0.15, -0.1) is 0 Å². The summed E-state index contributed by atoms with van der Waals surface area (Å²) in [5.41, 5.74) is 1.46. The molecule has 38 heavy (non-hydrogen) atoms. The number of nitro benzene ring substituents is 1. The van der Waals surface area contributed by atoms with Crippen LogP contribution in [-0.4, -0.2) is 11.5 Å². The molecule has 1 aliphatic heterocycles. The largest absolute Gasteiger partial charge is 0.487 e. The monoisotopic (exact) mass is 545 g/mol. The molecule has 2 aromatic heterocycles. The van der Waals surface area contributed by atoms with Gasteiger partial charge in [-0.05, 0) is 43.3 Å². The molecular weight excluding hydrogens is 523 g/mol. The molecule has 4 aromatic rings. The zero-order chi connectivity index (χ0) is 27.3. The molecule has 7 nitrogen and oxygen atoms in total. The number of alkyl halides is 3. The van der Waals surface area contributed by atoms with E-state index in [0.717, 1.165) is 31.3 Å². The first-order chi connectivity index (χ1) is 18.2. The molecule has 0 saturated heterocycles. The number of hydrogen-bond acceptors (Lipinski definition) is 4. The minimum Gasteiger partial charge on any atom is -0.487 e. The summed E-state index contributed by atoms with van der Waals surface area (Å²) in [6.07, 6.45) is -0.227. The summed E-state index contributed by atoms with van der Waals surface area (Å²) in [4.78, 5) is 10.3. The Balaban J connectivity index is 0.000000201. The van der Waals surface area contributed by atoms with Gasteiger partial charge in [-0.25, -0.2) is 0 Å². The number of benzene rings is 2. The number of aryl methyl sites for hydroxylation is 2. The van der Waals surface area contributed by atoms with Crippen LogP contribution in [-0.2, 0) is 19.3 Å². The van der Waals surface area contributed by atoms with Crippen molar-refractivity contribution in [2.24, 2.45) is 0 Å². The fourth-order valence-electron chi connectivity index (χ4n) is 3.89. The minimum atomic E-state index is -4.52. The Bertz CT molecular complexity index is 1420. The Morgan fingerprint density at radius 1 is 0.921 bits per heavy atom. The van der Waals surface area contributed by atoms with Crippen LogP contribution >= 0.6 is 11.6 Å². The van der Waals surface area contributed by atoms with Crippen molar-refractivity contribution < 1.29 is 36.7 Å². The molecule has 11 heteroatoms. The highest BCUT2D eigenvalue weighted by molar-refractivity contribution is 6.32. The third kappa shape index (κ3) is 6.20. The van der Waals surface area contributed by atoms with Gasteiger partial charge in [0.15, 0.2) is 12.4 Å². The highest BCUT2D eigenvalue weighted by Gasteiger charge is 2.31. The van der Waals surface area contributed by atoms with Crippen molar-refractivity contribution in [2.75, 3.05) is 6.61 Å². The highest BCUT2D eigenvalue weighted by atomic mass is 35.5. The van der Waals surface area contributed by atoms with Gasteiger partial charge in [0, 0.05) is 36.4 Å². The Labute approximate surface area is 221 Å². The molecule has 0 unspecified atom stereocenters. The van der Waals surface area contributed by atoms with E-state index >= 15 is 0 Å². The average Bonchev–Trinajstić information content (AvgIpc) is 2.90. The van der Waals surface area contributed by atoms with Crippen LogP contribution in [0.1, 0.15) is 12.5 Å². The van der Waals surface area contributed by atoms with Gasteiger partial charge >= 0.3 is 11.9 Å². The number of pyridine rings is 2. The number of halogens is 4. The lowest BCUT2D eigenvalue weighted by Crippen LogP contribution is -2.52. The molecule has 0 fully saturated rings. The van der Waals surface area contributed by atoms with Gasteiger partial charge in [0.1, 0.15) is 11.5 Å². The molecule has 0 spiro atoms. The molecule has 196 valence electrons. The molecule has 0 bridgehead atoms. The van der Waals surface area contributed by atoms with Crippen LogP contribution in [0.3, 0.4) is 0 Å². The van der Waals surface area contributed by atoms with Gasteiger partial charge in [-0.2, -0.15) is 22.3 Å². The fraction of sp³-hybridized carbons (Fsp3) is 0.185. The standard InChI is InChI=1S/C15H11ClF3NO4.C12H12N2/c1-2-23-14-8-10(4-5-12(14)20(21)22)24-13-6-3-9(7-11(13)16)15(17,18)19;1-3-7-13-9-10-14-8-4-2-6-12(14)11(13)5-1/h3-8H,2H2,1H3;1-8H,9-10H2/q;+2. The molecule has 0 saturated carbocycles. The number of rotatable bonds is 5. The van der Waals surface area contributed by atoms with Crippen molar-refractivity contribution in [3.05, 3.63) is 106 Å². The predicted octanol–water partition coefficient (Wildman–Crippen LogP) is 6.40. The first kappa shape index (κ1) is 26.9. The first-order valence-corrected chi connectivity index (χ1v) is 12.0. The summed E-state index contributed by atoms with van der Waals surface area (Å²) >= 11 is 5.80. The highest BCUT2D eigenvalue weighted by Crippen LogP contribution is 2.38. The van der Waals surface area contributed by atoms with Gasteiger partial charge in [-0.3, -0.25) is 10.1 Å². The van der Waals surface area contributed by atoms with Crippen LogP contribution in [0.2, 0.25) is 5.02 Å². The third-order valence-electron chi connectivity index (χ3n) is 5.64. The fourth-order valence-corrected chi connectivity index (χ4v) is 4.11. The summed E-state index contributed by atoms with van der Waals surface area (Å²) in [6.45, 7) is 3.99. The van der Waals surface area contributed by atoms with Gasteiger partial charge in [0.25, 0.3) is 11.4 Å². The van der Waals surface area contributed by atoms with E-state index in [1.807, 2.05) is 0 Å². The lowest BCUT2D eigenvalue weighted by Gasteiger charge is -2.12. The topological polar surface area (TPSA) is 69.4 Å². The van der Waals surface area contributed by atoms with Crippen LogP contribution < -0.4 is 18.6 Å². The second-order valence-corrected chi connectivity index (χ2v) is 8.53. The van der Waals surface area contributed by atoms with Crippen molar-refractivity contribution >= 4 is 17.3 Å². The number of aromatic nitrogens is 2. The molecule has 0 aliphatic carbocycles. The molecule has 0 N–H and O–H groups in total. The summed E-state index contributed by atoms with van der Waals surface area (Å²) < 4.78 is 53.0. The molecule has 3 heterocycles. The smallest absolute Gasteiger partial charge is 0.416 e. The van der Waals surface area contributed by atoms with E-state index in [-0.39, 0.29) is 34.6 Å². The minimum absolute atomic E-state index is 0.0111. The maximum atomic E-state index is 12.6. The summed E-state index contributed by atoms with van der Waals surface area (Å²) in [5.74, 6) is 0.120. The maximum absolute atomic E-state index is 12.6. The number of nitrogens with zero attached hydrogens (tertiary/aromatic N) is 3. The Morgan fingerprint density at radius 3 is 2.08 bits per heavy atom. The van der Waals surface area contributed by atoms with Gasteiger partial charge in [0.2, 0.25) is 18.8 Å². The molecule has 5 rings (SSSR count). The van der Waals surface area contributed by atoms with Crippen LogP contribution in [0.25, 0.3) is 11.4 Å². The summed E-state index contributed by atoms with van der Waals surface area (Å²) in [7, 11) is 0. The lowest BCUT2D eigenvalue weighted by molar-refractivity contribution is -0.794. The normalized spacial score (nSPS) is 11.9. The SMILES string of the molecule is CCOc1cc(Oc2ccc(C(F)(F)F)cc2Cl)ccc1[N+](=O)[O-].c1cc[n+]2c(c1)-c1cccc[n+]1CC2. The number of fused-ring (bicyclic) bond motifs is 3. The van der Waals surface area contributed by atoms with Crippen molar-refractivity contribution in [3.63, 3.8) is 0 Å². The molecule has 0 radical (unpaired) electrons. The second-order valence-electron chi connectivity index (χ2n) is 8.12. The summed E-state index contributed by atoms with van der Waals surface area (Å²) in [5, 5.41) is 10.7. The van der Waals surface area contributed by atoms with Crippen LogP contribution in [0.5, 0.6) is 17.2 Å². The second kappa shape index (κ2) is 11.5. The van der Waals surface area contributed by atoms with E-state index in [4.69, 9.17) is 21.1 Å². The average molecular weight is 546 g/mol. The Hall–Kier alpha value is -4.18. The first-order valence-electron chi connectivity index (χ1n) is 11.6. The maximum Gasteiger partial charge on any atom is 0.416 e. The van der Waals surface area contributed by atoms with Gasteiger partial charge in [-0.1, -0.05) is 11.6 Å². The molecular formula is C27H23ClF3N3O4+2. The zero-order valence-electron chi connectivity index (χ0n) is 20.2.